The minimum absolute atomic E-state index is 0.157. The molecule has 0 aliphatic heterocycles. The zero-order valence-corrected chi connectivity index (χ0v) is 18.0. The van der Waals surface area contributed by atoms with Gasteiger partial charge in [-0.15, -0.1) is 0 Å². The van der Waals surface area contributed by atoms with Crippen LogP contribution >= 0.6 is 0 Å². The van der Waals surface area contributed by atoms with Crippen LogP contribution in [0.2, 0.25) is 0 Å². The van der Waals surface area contributed by atoms with Crippen LogP contribution in [-0.4, -0.2) is 21.6 Å². The summed E-state index contributed by atoms with van der Waals surface area (Å²) in [5, 5.41) is 10.5. The second-order valence-electron chi connectivity index (χ2n) is 7.59. The first-order valence-corrected chi connectivity index (χ1v) is 10.4. The molecule has 0 atom stereocenters. The number of amides is 2. The number of carbonyl (C=O) groups excluding carboxylic acids is 2. The van der Waals surface area contributed by atoms with E-state index in [0.717, 1.165) is 22.4 Å². The normalized spacial score (nSPS) is 10.6. The molecule has 1 aromatic heterocycles. The Morgan fingerprint density at radius 2 is 1.56 bits per heavy atom. The molecule has 6 nitrogen and oxygen atoms in total. The summed E-state index contributed by atoms with van der Waals surface area (Å²) in [7, 11) is 0. The summed E-state index contributed by atoms with van der Waals surface area (Å²) >= 11 is 0. The van der Waals surface area contributed by atoms with Gasteiger partial charge in [-0.1, -0.05) is 54.6 Å². The lowest BCUT2D eigenvalue weighted by atomic mass is 10.1. The number of anilines is 2. The van der Waals surface area contributed by atoms with Crippen molar-refractivity contribution in [2.75, 3.05) is 10.6 Å². The summed E-state index contributed by atoms with van der Waals surface area (Å²) in [5.74, 6) is 0.212. The molecule has 0 bridgehead atoms. The van der Waals surface area contributed by atoms with Crippen LogP contribution in [0.25, 0.3) is 11.3 Å². The quantitative estimate of drug-likeness (QED) is 0.451. The molecule has 0 saturated heterocycles. The molecule has 0 saturated carbocycles. The summed E-state index contributed by atoms with van der Waals surface area (Å²) in [4.78, 5) is 24.1. The topological polar surface area (TPSA) is 76.0 Å². The largest absolute Gasteiger partial charge is 0.326 e. The van der Waals surface area contributed by atoms with Crippen molar-refractivity contribution < 1.29 is 9.59 Å². The van der Waals surface area contributed by atoms with E-state index in [1.165, 1.54) is 6.92 Å². The molecule has 0 spiro atoms. The van der Waals surface area contributed by atoms with Gasteiger partial charge in [-0.25, -0.2) is 4.68 Å². The maximum absolute atomic E-state index is 12.9. The highest BCUT2D eigenvalue weighted by Crippen LogP contribution is 2.26. The van der Waals surface area contributed by atoms with Crippen molar-refractivity contribution in [3.63, 3.8) is 0 Å². The highest BCUT2D eigenvalue weighted by Gasteiger charge is 2.15. The minimum Gasteiger partial charge on any atom is -0.326 e. The summed E-state index contributed by atoms with van der Waals surface area (Å²) in [6.07, 6.45) is 0. The van der Waals surface area contributed by atoms with Crippen LogP contribution in [0.3, 0.4) is 0 Å². The standard InChI is InChI=1S/C26H24N4O2/c1-18-8-6-7-11-23(18)24-16-25(30(29-24)17-20-9-4-3-5-10-20)28-26(32)21-12-14-22(15-13-21)27-19(2)31/h3-16H,17H2,1-2H3,(H,27,31)(H,28,32). The lowest BCUT2D eigenvalue weighted by Gasteiger charge is -2.10. The number of aromatic nitrogens is 2. The van der Waals surface area contributed by atoms with Crippen molar-refractivity contribution >= 4 is 23.3 Å². The van der Waals surface area contributed by atoms with Crippen molar-refractivity contribution in [2.24, 2.45) is 0 Å². The van der Waals surface area contributed by atoms with Gasteiger partial charge >= 0.3 is 0 Å². The maximum atomic E-state index is 12.9. The van der Waals surface area contributed by atoms with Crippen molar-refractivity contribution in [1.82, 2.24) is 9.78 Å². The number of nitrogens with zero attached hydrogens (tertiary/aromatic N) is 2. The van der Waals surface area contributed by atoms with Gasteiger partial charge in [-0.3, -0.25) is 9.59 Å². The van der Waals surface area contributed by atoms with E-state index >= 15 is 0 Å². The molecule has 0 aliphatic carbocycles. The van der Waals surface area contributed by atoms with Crippen LogP contribution in [0.5, 0.6) is 0 Å². The van der Waals surface area contributed by atoms with Gasteiger partial charge in [-0.05, 0) is 42.3 Å². The Bertz CT molecular complexity index is 1240. The average molecular weight is 425 g/mol. The molecule has 4 aromatic rings. The smallest absolute Gasteiger partial charge is 0.256 e. The summed E-state index contributed by atoms with van der Waals surface area (Å²) in [5.41, 5.74) is 5.16. The first-order valence-electron chi connectivity index (χ1n) is 10.4. The Morgan fingerprint density at radius 3 is 2.25 bits per heavy atom. The summed E-state index contributed by atoms with van der Waals surface area (Å²) < 4.78 is 1.81. The molecule has 4 rings (SSSR count). The number of carbonyl (C=O) groups is 2. The number of hydrogen-bond donors (Lipinski definition) is 2. The van der Waals surface area contributed by atoms with Crippen LogP contribution in [0.15, 0.2) is 84.9 Å². The third-order valence-corrected chi connectivity index (χ3v) is 5.09. The van der Waals surface area contributed by atoms with Crippen molar-refractivity contribution in [2.45, 2.75) is 20.4 Å². The van der Waals surface area contributed by atoms with Gasteiger partial charge in [0, 0.05) is 29.8 Å². The van der Waals surface area contributed by atoms with Crippen LogP contribution in [0, 0.1) is 6.92 Å². The van der Waals surface area contributed by atoms with Gasteiger partial charge in [0.1, 0.15) is 5.82 Å². The predicted octanol–water partition coefficient (Wildman–Crippen LogP) is 5.12. The van der Waals surface area contributed by atoms with Crippen LogP contribution in [0.4, 0.5) is 11.5 Å². The summed E-state index contributed by atoms with van der Waals surface area (Å²) in [6.45, 7) is 4.02. The average Bonchev–Trinajstić information content (AvgIpc) is 3.16. The fourth-order valence-corrected chi connectivity index (χ4v) is 3.48. The van der Waals surface area contributed by atoms with E-state index in [9.17, 15) is 9.59 Å². The van der Waals surface area contributed by atoms with Crippen LogP contribution in [-0.2, 0) is 11.3 Å². The predicted molar refractivity (Wildman–Crippen MR) is 127 cm³/mol. The minimum atomic E-state index is -0.245. The molecule has 3 aromatic carbocycles. The molecule has 0 fully saturated rings. The maximum Gasteiger partial charge on any atom is 0.256 e. The SMILES string of the molecule is CC(=O)Nc1ccc(C(=O)Nc2cc(-c3ccccc3C)nn2Cc2ccccc2)cc1. The molecule has 1 heterocycles. The Labute approximate surface area is 186 Å². The van der Waals surface area contributed by atoms with Crippen molar-refractivity contribution in [1.29, 1.82) is 0 Å². The summed E-state index contributed by atoms with van der Waals surface area (Å²) in [6, 6.07) is 26.7. The zero-order chi connectivity index (χ0) is 22.5. The molecule has 0 unspecified atom stereocenters. The van der Waals surface area contributed by atoms with Gasteiger partial charge in [0.2, 0.25) is 5.91 Å². The van der Waals surface area contributed by atoms with E-state index in [1.807, 2.05) is 67.6 Å². The molecule has 0 radical (unpaired) electrons. The zero-order valence-electron chi connectivity index (χ0n) is 18.0. The Kier molecular flexibility index (Phi) is 6.12. The number of nitrogens with one attached hydrogen (secondary N) is 2. The third-order valence-electron chi connectivity index (χ3n) is 5.09. The Balaban J connectivity index is 1.63. The Morgan fingerprint density at radius 1 is 0.875 bits per heavy atom. The van der Waals surface area contributed by atoms with Gasteiger partial charge in [0.15, 0.2) is 0 Å². The van der Waals surface area contributed by atoms with Crippen molar-refractivity contribution in [3.8, 4) is 11.3 Å². The van der Waals surface area contributed by atoms with E-state index in [4.69, 9.17) is 5.10 Å². The van der Waals surface area contributed by atoms with Gasteiger partial charge in [0.05, 0.1) is 12.2 Å². The molecular formula is C26H24N4O2. The molecule has 6 heteroatoms. The number of hydrogen-bond acceptors (Lipinski definition) is 3. The second-order valence-corrected chi connectivity index (χ2v) is 7.59. The fraction of sp³-hybridized carbons (Fsp3) is 0.115. The first kappa shape index (κ1) is 21.1. The molecule has 32 heavy (non-hydrogen) atoms. The van der Waals surface area contributed by atoms with E-state index < -0.39 is 0 Å². The number of rotatable bonds is 6. The van der Waals surface area contributed by atoms with Crippen LogP contribution < -0.4 is 10.6 Å². The highest BCUT2D eigenvalue weighted by atomic mass is 16.2. The first-order chi connectivity index (χ1) is 15.5. The number of benzene rings is 3. The third kappa shape index (κ3) is 4.92. The van der Waals surface area contributed by atoms with Crippen LogP contribution in [0.1, 0.15) is 28.4 Å². The monoisotopic (exact) mass is 424 g/mol. The fourth-order valence-electron chi connectivity index (χ4n) is 3.48. The highest BCUT2D eigenvalue weighted by molar-refractivity contribution is 6.04. The van der Waals surface area contributed by atoms with Gasteiger partial charge < -0.3 is 10.6 Å². The Hall–Kier alpha value is -4.19. The molecule has 2 amide bonds. The molecule has 160 valence electrons. The van der Waals surface area contributed by atoms with E-state index in [-0.39, 0.29) is 11.8 Å². The van der Waals surface area contributed by atoms with E-state index in [1.54, 1.807) is 28.9 Å². The second kappa shape index (κ2) is 9.31. The van der Waals surface area contributed by atoms with Gasteiger partial charge in [0.25, 0.3) is 5.91 Å². The molecular weight excluding hydrogens is 400 g/mol. The molecule has 2 N–H and O–H groups in total. The van der Waals surface area contributed by atoms with Crippen molar-refractivity contribution in [3.05, 3.63) is 102 Å². The van der Waals surface area contributed by atoms with E-state index in [0.29, 0.717) is 23.6 Å². The lowest BCUT2D eigenvalue weighted by molar-refractivity contribution is -0.114. The lowest BCUT2D eigenvalue weighted by Crippen LogP contribution is -2.16. The molecule has 0 aliphatic rings. The number of aryl methyl sites for hydroxylation is 1. The van der Waals surface area contributed by atoms with E-state index in [2.05, 4.69) is 10.6 Å². The van der Waals surface area contributed by atoms with Gasteiger partial charge in [-0.2, -0.15) is 5.10 Å².